The fraction of sp³-hybridized carbons (Fsp3) is 0.364. The van der Waals surface area contributed by atoms with E-state index in [1.807, 2.05) is 6.07 Å². The standard InChI is InChI=1S/C11H11BrN4O/c12-9-1-7(3-13)5-15-11(9)16-6-8(4-14)2-10(16)17/h1,5,8H,2,4,6,14H2. The molecule has 17 heavy (non-hydrogen) atoms. The summed E-state index contributed by atoms with van der Waals surface area (Å²) >= 11 is 3.33. The zero-order valence-electron chi connectivity index (χ0n) is 9.06. The van der Waals surface area contributed by atoms with Crippen molar-refractivity contribution in [3.05, 3.63) is 22.3 Å². The predicted octanol–water partition coefficient (Wildman–Crippen LogP) is 1.03. The van der Waals surface area contributed by atoms with Crippen LogP contribution in [0.25, 0.3) is 0 Å². The smallest absolute Gasteiger partial charge is 0.228 e. The van der Waals surface area contributed by atoms with Crippen LogP contribution in [0.3, 0.4) is 0 Å². The second kappa shape index (κ2) is 4.82. The van der Waals surface area contributed by atoms with E-state index >= 15 is 0 Å². The lowest BCUT2D eigenvalue weighted by Crippen LogP contribution is -2.27. The van der Waals surface area contributed by atoms with Crippen molar-refractivity contribution in [3.8, 4) is 6.07 Å². The number of carbonyl (C=O) groups excluding carboxylic acids is 1. The van der Waals surface area contributed by atoms with Crippen LogP contribution in [0.4, 0.5) is 5.82 Å². The molecule has 1 unspecified atom stereocenters. The molecule has 1 aromatic rings. The SMILES string of the molecule is N#Cc1cnc(N2CC(CN)CC2=O)c(Br)c1. The molecule has 1 atom stereocenters. The van der Waals surface area contributed by atoms with E-state index in [-0.39, 0.29) is 11.8 Å². The topological polar surface area (TPSA) is 83.0 Å². The molecule has 0 aromatic carbocycles. The van der Waals surface area contributed by atoms with Gasteiger partial charge in [0.05, 0.1) is 10.0 Å². The summed E-state index contributed by atoms with van der Waals surface area (Å²) in [5.74, 6) is 0.773. The molecule has 1 aromatic heterocycles. The van der Waals surface area contributed by atoms with Gasteiger partial charge in [-0.05, 0) is 34.5 Å². The number of anilines is 1. The largest absolute Gasteiger partial charge is 0.330 e. The Morgan fingerprint density at radius 3 is 3.00 bits per heavy atom. The highest BCUT2D eigenvalue weighted by atomic mass is 79.9. The van der Waals surface area contributed by atoms with Crippen molar-refractivity contribution >= 4 is 27.7 Å². The summed E-state index contributed by atoms with van der Waals surface area (Å²) < 4.78 is 0.655. The van der Waals surface area contributed by atoms with Gasteiger partial charge in [0.1, 0.15) is 11.9 Å². The van der Waals surface area contributed by atoms with Crippen LogP contribution >= 0.6 is 15.9 Å². The Hall–Kier alpha value is -1.45. The number of amides is 1. The lowest BCUT2D eigenvalue weighted by molar-refractivity contribution is -0.117. The predicted molar refractivity (Wildman–Crippen MR) is 66.2 cm³/mol. The number of pyridine rings is 1. The van der Waals surface area contributed by atoms with Crippen molar-refractivity contribution in [1.82, 2.24) is 4.98 Å². The first-order valence-electron chi connectivity index (χ1n) is 5.21. The van der Waals surface area contributed by atoms with Crippen LogP contribution in [0, 0.1) is 17.2 Å². The normalized spacial score (nSPS) is 19.5. The van der Waals surface area contributed by atoms with Crippen LogP contribution in [-0.4, -0.2) is 24.0 Å². The molecule has 1 amide bonds. The number of carbonyl (C=O) groups is 1. The maximum absolute atomic E-state index is 11.8. The molecule has 0 saturated carbocycles. The van der Waals surface area contributed by atoms with E-state index in [9.17, 15) is 4.79 Å². The monoisotopic (exact) mass is 294 g/mol. The summed E-state index contributed by atoms with van der Waals surface area (Å²) in [5, 5.41) is 8.74. The van der Waals surface area contributed by atoms with E-state index in [1.54, 1.807) is 11.0 Å². The lowest BCUT2D eigenvalue weighted by atomic mass is 10.1. The number of nitriles is 1. The van der Waals surface area contributed by atoms with Gasteiger partial charge < -0.3 is 5.73 Å². The molecule has 2 rings (SSSR count). The molecule has 6 heteroatoms. The molecule has 2 heterocycles. The first-order valence-corrected chi connectivity index (χ1v) is 6.01. The molecule has 0 bridgehead atoms. The molecule has 1 saturated heterocycles. The molecule has 0 aliphatic carbocycles. The van der Waals surface area contributed by atoms with Crippen LogP contribution in [0.15, 0.2) is 16.7 Å². The molecular weight excluding hydrogens is 284 g/mol. The molecule has 1 aliphatic heterocycles. The molecular formula is C11H11BrN4O. The second-order valence-electron chi connectivity index (χ2n) is 3.95. The molecule has 5 nitrogen and oxygen atoms in total. The third-order valence-electron chi connectivity index (χ3n) is 2.74. The molecule has 0 radical (unpaired) electrons. The van der Waals surface area contributed by atoms with Crippen molar-refractivity contribution in [2.45, 2.75) is 6.42 Å². The van der Waals surface area contributed by atoms with E-state index in [2.05, 4.69) is 20.9 Å². The van der Waals surface area contributed by atoms with E-state index in [1.165, 1.54) is 6.20 Å². The van der Waals surface area contributed by atoms with Gasteiger partial charge in [0.2, 0.25) is 5.91 Å². The average molecular weight is 295 g/mol. The second-order valence-corrected chi connectivity index (χ2v) is 4.81. The Bertz CT molecular complexity index is 497. The maximum atomic E-state index is 11.8. The van der Waals surface area contributed by atoms with E-state index in [4.69, 9.17) is 11.0 Å². The highest BCUT2D eigenvalue weighted by Gasteiger charge is 2.31. The number of hydrogen-bond donors (Lipinski definition) is 1. The summed E-state index contributed by atoms with van der Waals surface area (Å²) in [6.07, 6.45) is 1.92. The minimum Gasteiger partial charge on any atom is -0.330 e. The Morgan fingerprint density at radius 2 is 2.47 bits per heavy atom. The van der Waals surface area contributed by atoms with Crippen LogP contribution in [-0.2, 0) is 4.79 Å². The Morgan fingerprint density at radius 1 is 1.71 bits per heavy atom. The zero-order valence-corrected chi connectivity index (χ0v) is 10.6. The van der Waals surface area contributed by atoms with Gasteiger partial charge in [-0.1, -0.05) is 0 Å². The molecule has 1 fully saturated rings. The molecule has 88 valence electrons. The summed E-state index contributed by atoms with van der Waals surface area (Å²) in [7, 11) is 0. The van der Waals surface area contributed by atoms with Crippen molar-refractivity contribution in [2.75, 3.05) is 18.0 Å². The Labute approximate surface area is 107 Å². The first-order chi connectivity index (χ1) is 8.15. The summed E-state index contributed by atoms with van der Waals surface area (Å²) in [4.78, 5) is 17.6. The van der Waals surface area contributed by atoms with Crippen molar-refractivity contribution in [3.63, 3.8) is 0 Å². The van der Waals surface area contributed by atoms with Crippen LogP contribution in [0.1, 0.15) is 12.0 Å². The van der Waals surface area contributed by atoms with Gasteiger partial charge in [0.15, 0.2) is 0 Å². The fourth-order valence-electron chi connectivity index (χ4n) is 1.83. The van der Waals surface area contributed by atoms with Gasteiger partial charge in [-0.3, -0.25) is 9.69 Å². The lowest BCUT2D eigenvalue weighted by Gasteiger charge is -2.16. The molecule has 2 N–H and O–H groups in total. The number of hydrogen-bond acceptors (Lipinski definition) is 4. The van der Waals surface area contributed by atoms with E-state index < -0.39 is 0 Å². The zero-order chi connectivity index (χ0) is 12.4. The van der Waals surface area contributed by atoms with E-state index in [0.717, 1.165) is 0 Å². The van der Waals surface area contributed by atoms with Gasteiger partial charge in [-0.15, -0.1) is 0 Å². The van der Waals surface area contributed by atoms with E-state index in [0.29, 0.717) is 35.4 Å². The third-order valence-corrected chi connectivity index (χ3v) is 3.33. The highest BCUT2D eigenvalue weighted by Crippen LogP contribution is 2.29. The van der Waals surface area contributed by atoms with Crippen LogP contribution in [0.2, 0.25) is 0 Å². The summed E-state index contributed by atoms with van der Waals surface area (Å²) in [6.45, 7) is 1.09. The number of aromatic nitrogens is 1. The number of halogens is 1. The highest BCUT2D eigenvalue weighted by molar-refractivity contribution is 9.10. The first kappa shape index (κ1) is 12.0. The summed E-state index contributed by atoms with van der Waals surface area (Å²) in [6, 6.07) is 3.66. The van der Waals surface area contributed by atoms with Gasteiger partial charge in [0, 0.05) is 19.2 Å². The fourth-order valence-corrected chi connectivity index (χ4v) is 2.40. The van der Waals surface area contributed by atoms with Gasteiger partial charge >= 0.3 is 0 Å². The number of nitrogens with zero attached hydrogens (tertiary/aromatic N) is 3. The summed E-state index contributed by atoms with van der Waals surface area (Å²) in [5.41, 5.74) is 6.03. The quantitative estimate of drug-likeness (QED) is 0.883. The van der Waals surface area contributed by atoms with Crippen LogP contribution in [0.5, 0.6) is 0 Å². The van der Waals surface area contributed by atoms with Crippen molar-refractivity contribution in [1.29, 1.82) is 5.26 Å². The maximum Gasteiger partial charge on any atom is 0.228 e. The van der Waals surface area contributed by atoms with Crippen LogP contribution < -0.4 is 10.6 Å². The Balaban J connectivity index is 2.29. The average Bonchev–Trinajstić information content (AvgIpc) is 2.70. The number of rotatable bonds is 2. The van der Waals surface area contributed by atoms with Gasteiger partial charge in [0.25, 0.3) is 0 Å². The molecule has 1 aliphatic rings. The Kier molecular flexibility index (Phi) is 3.41. The van der Waals surface area contributed by atoms with Gasteiger partial charge in [-0.2, -0.15) is 5.26 Å². The minimum absolute atomic E-state index is 0.0263. The third kappa shape index (κ3) is 2.30. The van der Waals surface area contributed by atoms with Gasteiger partial charge in [-0.25, -0.2) is 4.98 Å². The minimum atomic E-state index is 0.0263. The molecule has 0 spiro atoms. The van der Waals surface area contributed by atoms with Crippen molar-refractivity contribution < 1.29 is 4.79 Å². The van der Waals surface area contributed by atoms with Crippen molar-refractivity contribution in [2.24, 2.45) is 11.7 Å². The number of nitrogens with two attached hydrogens (primary N) is 1.